The second kappa shape index (κ2) is 9.64. The van der Waals surface area contributed by atoms with Gasteiger partial charge in [-0.25, -0.2) is 4.79 Å². The topological polar surface area (TPSA) is 80.3 Å². The summed E-state index contributed by atoms with van der Waals surface area (Å²) in [6, 6.07) is 5.21. The van der Waals surface area contributed by atoms with Crippen LogP contribution in [-0.2, 0) is 4.74 Å². The van der Waals surface area contributed by atoms with Gasteiger partial charge in [0.25, 0.3) is 5.91 Å². The molecule has 0 aliphatic carbocycles. The number of ether oxygens (including phenoxy) is 3. The van der Waals surface area contributed by atoms with Crippen LogP contribution in [0.5, 0.6) is 11.5 Å². The molecule has 0 atom stereocenters. The quantitative estimate of drug-likeness (QED) is 0.796. The molecule has 1 saturated heterocycles. The number of rotatable bonds is 6. The van der Waals surface area contributed by atoms with E-state index in [-0.39, 0.29) is 12.0 Å². The van der Waals surface area contributed by atoms with Crippen LogP contribution in [0.3, 0.4) is 0 Å². The number of amides is 2. The SMILES string of the molecule is COc1cccc(C(=O)NCCN2CCN(C(=O)OC(C)(C)C)CC2)c1OC. The van der Waals surface area contributed by atoms with Crippen LogP contribution in [0, 0.1) is 0 Å². The zero-order valence-electron chi connectivity index (χ0n) is 17.4. The van der Waals surface area contributed by atoms with Crippen molar-refractivity contribution in [3.8, 4) is 11.5 Å². The zero-order chi connectivity index (χ0) is 20.7. The van der Waals surface area contributed by atoms with Crippen molar-refractivity contribution in [2.24, 2.45) is 0 Å². The van der Waals surface area contributed by atoms with E-state index in [1.165, 1.54) is 14.2 Å². The first kappa shape index (κ1) is 21.8. The van der Waals surface area contributed by atoms with Crippen LogP contribution < -0.4 is 14.8 Å². The Labute approximate surface area is 166 Å². The predicted octanol–water partition coefficient (Wildman–Crippen LogP) is 1.99. The van der Waals surface area contributed by atoms with Gasteiger partial charge >= 0.3 is 6.09 Å². The highest BCUT2D eigenvalue weighted by Gasteiger charge is 2.25. The van der Waals surface area contributed by atoms with Crippen LogP contribution in [0.15, 0.2) is 18.2 Å². The largest absolute Gasteiger partial charge is 0.493 e. The van der Waals surface area contributed by atoms with Gasteiger partial charge in [-0.15, -0.1) is 0 Å². The average Bonchev–Trinajstić information content (AvgIpc) is 2.66. The lowest BCUT2D eigenvalue weighted by Gasteiger charge is -2.35. The summed E-state index contributed by atoms with van der Waals surface area (Å²) in [4.78, 5) is 28.5. The molecule has 2 rings (SSSR count). The van der Waals surface area contributed by atoms with E-state index in [4.69, 9.17) is 14.2 Å². The molecule has 1 heterocycles. The number of nitrogens with one attached hydrogen (secondary N) is 1. The second-order valence-corrected chi connectivity index (χ2v) is 7.61. The van der Waals surface area contributed by atoms with Crippen molar-refractivity contribution in [2.45, 2.75) is 26.4 Å². The molecule has 28 heavy (non-hydrogen) atoms. The number of benzene rings is 1. The fourth-order valence-electron chi connectivity index (χ4n) is 2.97. The van der Waals surface area contributed by atoms with Crippen LogP contribution in [0.1, 0.15) is 31.1 Å². The molecular weight excluding hydrogens is 362 g/mol. The maximum absolute atomic E-state index is 12.5. The summed E-state index contributed by atoms with van der Waals surface area (Å²) in [6.07, 6.45) is -0.273. The summed E-state index contributed by atoms with van der Waals surface area (Å²) in [5, 5.41) is 2.92. The zero-order valence-corrected chi connectivity index (χ0v) is 17.4. The van der Waals surface area contributed by atoms with E-state index >= 15 is 0 Å². The fraction of sp³-hybridized carbons (Fsp3) is 0.600. The molecule has 0 radical (unpaired) electrons. The second-order valence-electron chi connectivity index (χ2n) is 7.61. The van der Waals surface area contributed by atoms with Gasteiger partial charge in [-0.05, 0) is 32.9 Å². The van der Waals surface area contributed by atoms with Crippen molar-refractivity contribution < 1.29 is 23.8 Å². The highest BCUT2D eigenvalue weighted by atomic mass is 16.6. The Morgan fingerprint density at radius 1 is 1.07 bits per heavy atom. The molecule has 0 unspecified atom stereocenters. The first-order valence-electron chi connectivity index (χ1n) is 9.44. The summed E-state index contributed by atoms with van der Waals surface area (Å²) in [5.41, 5.74) is -0.0451. The molecule has 1 aromatic carbocycles. The Bertz CT molecular complexity index is 679. The smallest absolute Gasteiger partial charge is 0.410 e. The number of methoxy groups -OCH3 is 2. The molecule has 8 nitrogen and oxygen atoms in total. The first-order chi connectivity index (χ1) is 13.2. The van der Waals surface area contributed by atoms with E-state index in [2.05, 4.69) is 10.2 Å². The molecule has 1 N–H and O–H groups in total. The molecule has 1 aliphatic heterocycles. The molecule has 1 aromatic rings. The Kier molecular flexibility index (Phi) is 7.51. The van der Waals surface area contributed by atoms with Crippen molar-refractivity contribution >= 4 is 12.0 Å². The molecule has 0 bridgehead atoms. The predicted molar refractivity (Wildman–Crippen MR) is 106 cm³/mol. The first-order valence-corrected chi connectivity index (χ1v) is 9.44. The van der Waals surface area contributed by atoms with E-state index in [9.17, 15) is 9.59 Å². The van der Waals surface area contributed by atoms with Crippen LogP contribution >= 0.6 is 0 Å². The average molecular weight is 393 g/mol. The van der Waals surface area contributed by atoms with Gasteiger partial charge in [-0.2, -0.15) is 0 Å². The molecule has 8 heteroatoms. The molecule has 1 fully saturated rings. The van der Waals surface area contributed by atoms with E-state index < -0.39 is 5.60 Å². The van der Waals surface area contributed by atoms with Crippen molar-refractivity contribution in [1.82, 2.24) is 15.1 Å². The van der Waals surface area contributed by atoms with E-state index in [1.54, 1.807) is 23.1 Å². The minimum Gasteiger partial charge on any atom is -0.493 e. The molecule has 0 spiro atoms. The molecule has 0 aromatic heterocycles. The minimum atomic E-state index is -0.486. The van der Waals surface area contributed by atoms with Gasteiger partial charge in [0, 0.05) is 39.3 Å². The number of para-hydroxylation sites is 1. The fourth-order valence-corrected chi connectivity index (χ4v) is 2.97. The van der Waals surface area contributed by atoms with Crippen LogP contribution in [-0.4, -0.2) is 80.9 Å². The third kappa shape index (κ3) is 6.02. The number of carbonyl (C=O) groups excluding carboxylic acids is 2. The minimum absolute atomic E-state index is 0.205. The van der Waals surface area contributed by atoms with Crippen molar-refractivity contribution in [3.05, 3.63) is 23.8 Å². The van der Waals surface area contributed by atoms with Gasteiger partial charge in [-0.3, -0.25) is 9.69 Å². The Hall–Kier alpha value is -2.48. The van der Waals surface area contributed by atoms with Gasteiger partial charge in [0.1, 0.15) is 5.60 Å². The highest BCUT2D eigenvalue weighted by molar-refractivity contribution is 5.97. The standard InChI is InChI=1S/C20H31N3O5/c1-20(2,3)28-19(25)23-13-11-22(12-14-23)10-9-21-18(24)15-7-6-8-16(26-4)17(15)27-5/h6-8H,9-14H2,1-5H3,(H,21,24). The normalized spacial score (nSPS) is 15.1. The Balaban J connectivity index is 1.78. The number of carbonyl (C=O) groups is 2. The lowest BCUT2D eigenvalue weighted by Crippen LogP contribution is -2.51. The Morgan fingerprint density at radius 3 is 2.32 bits per heavy atom. The monoisotopic (exact) mass is 393 g/mol. The summed E-state index contributed by atoms with van der Waals surface area (Å²) in [6.45, 7) is 9.53. The number of piperazine rings is 1. The van der Waals surface area contributed by atoms with Gasteiger partial charge in [0.05, 0.1) is 19.8 Å². The lowest BCUT2D eigenvalue weighted by molar-refractivity contribution is 0.0147. The summed E-state index contributed by atoms with van der Waals surface area (Å²) < 4.78 is 15.9. The molecular formula is C20H31N3O5. The van der Waals surface area contributed by atoms with Crippen LogP contribution in [0.4, 0.5) is 4.79 Å². The van der Waals surface area contributed by atoms with Gasteiger partial charge < -0.3 is 24.4 Å². The number of hydrogen-bond donors (Lipinski definition) is 1. The lowest BCUT2D eigenvalue weighted by atomic mass is 10.1. The van der Waals surface area contributed by atoms with Gasteiger partial charge in [0.15, 0.2) is 11.5 Å². The van der Waals surface area contributed by atoms with Gasteiger partial charge in [0.2, 0.25) is 0 Å². The van der Waals surface area contributed by atoms with Crippen molar-refractivity contribution in [1.29, 1.82) is 0 Å². The van der Waals surface area contributed by atoms with Crippen molar-refractivity contribution in [3.63, 3.8) is 0 Å². The third-order valence-corrected chi connectivity index (χ3v) is 4.39. The summed E-state index contributed by atoms with van der Waals surface area (Å²) in [5.74, 6) is 0.741. The van der Waals surface area contributed by atoms with E-state index in [1.807, 2.05) is 20.8 Å². The van der Waals surface area contributed by atoms with E-state index in [0.717, 1.165) is 13.1 Å². The molecule has 2 amide bonds. The summed E-state index contributed by atoms with van der Waals surface area (Å²) in [7, 11) is 3.05. The molecule has 1 aliphatic rings. The van der Waals surface area contributed by atoms with Gasteiger partial charge in [-0.1, -0.05) is 6.07 Å². The molecule has 0 saturated carbocycles. The van der Waals surface area contributed by atoms with Crippen LogP contribution in [0.25, 0.3) is 0 Å². The number of hydrogen-bond acceptors (Lipinski definition) is 6. The highest BCUT2D eigenvalue weighted by Crippen LogP contribution is 2.30. The third-order valence-electron chi connectivity index (χ3n) is 4.39. The summed E-state index contributed by atoms with van der Waals surface area (Å²) >= 11 is 0. The number of nitrogens with zero attached hydrogens (tertiary/aromatic N) is 2. The maximum atomic E-state index is 12.5. The Morgan fingerprint density at radius 2 is 1.75 bits per heavy atom. The maximum Gasteiger partial charge on any atom is 0.410 e. The molecule has 156 valence electrons. The van der Waals surface area contributed by atoms with Crippen LogP contribution in [0.2, 0.25) is 0 Å². The van der Waals surface area contributed by atoms with Crippen molar-refractivity contribution in [2.75, 3.05) is 53.5 Å². The van der Waals surface area contributed by atoms with E-state index in [0.29, 0.717) is 43.2 Å².